The molecule has 0 radical (unpaired) electrons. The maximum atomic E-state index is 11.0. The second-order valence-corrected chi connectivity index (χ2v) is 6.58. The lowest BCUT2D eigenvalue weighted by molar-refractivity contribution is -0.0312. The van der Waals surface area contributed by atoms with Gasteiger partial charge in [0, 0.05) is 0 Å². The summed E-state index contributed by atoms with van der Waals surface area (Å²) in [5.74, 6) is 1.21. The van der Waals surface area contributed by atoms with Crippen LogP contribution in [0.1, 0.15) is 62.6 Å². The second-order valence-electron chi connectivity index (χ2n) is 6.58. The van der Waals surface area contributed by atoms with Gasteiger partial charge in [-0.15, -0.1) is 0 Å². The predicted octanol–water partition coefficient (Wildman–Crippen LogP) is 4.73. The normalized spacial score (nSPS) is 27.0. The topological polar surface area (TPSA) is 20.2 Å². The molecule has 1 saturated carbocycles. The molecule has 0 aliphatic heterocycles. The van der Waals surface area contributed by atoms with E-state index in [1.165, 1.54) is 36.8 Å². The molecule has 1 aliphatic carbocycles. The summed E-state index contributed by atoms with van der Waals surface area (Å²) >= 11 is 0. The van der Waals surface area contributed by atoms with Crippen molar-refractivity contribution in [2.24, 2.45) is 11.8 Å². The van der Waals surface area contributed by atoms with Crippen LogP contribution in [0, 0.1) is 25.7 Å². The molecule has 1 fully saturated rings. The molecule has 0 bridgehead atoms. The predicted molar refractivity (Wildman–Crippen MR) is 81.2 cm³/mol. The molecule has 1 heteroatoms. The molecule has 0 aromatic heterocycles. The number of aryl methyl sites for hydroxylation is 2. The van der Waals surface area contributed by atoms with Crippen LogP contribution in [0.25, 0.3) is 0 Å². The van der Waals surface area contributed by atoms with Crippen LogP contribution in [0.2, 0.25) is 0 Å². The minimum absolute atomic E-state index is 0.410. The first-order chi connectivity index (χ1) is 8.95. The Morgan fingerprint density at radius 2 is 1.95 bits per heavy atom. The van der Waals surface area contributed by atoms with E-state index >= 15 is 0 Å². The van der Waals surface area contributed by atoms with Crippen LogP contribution in [0.4, 0.5) is 0 Å². The van der Waals surface area contributed by atoms with Crippen LogP contribution in [0.3, 0.4) is 0 Å². The zero-order valence-corrected chi connectivity index (χ0v) is 12.9. The lowest BCUT2D eigenvalue weighted by Gasteiger charge is -2.39. The van der Waals surface area contributed by atoms with Gasteiger partial charge in [0.25, 0.3) is 0 Å². The molecule has 1 aromatic carbocycles. The molecule has 1 aliphatic rings. The molecule has 3 atom stereocenters. The smallest absolute Gasteiger partial charge is 0.0896 e. The highest BCUT2D eigenvalue weighted by atomic mass is 16.3. The van der Waals surface area contributed by atoms with Gasteiger partial charge in [-0.1, -0.05) is 44.4 Å². The molecule has 0 amide bonds. The summed E-state index contributed by atoms with van der Waals surface area (Å²) in [4.78, 5) is 0. The monoisotopic (exact) mass is 260 g/mol. The fourth-order valence-corrected chi connectivity index (χ4v) is 3.46. The Bertz CT molecular complexity index is 433. The quantitative estimate of drug-likeness (QED) is 0.833. The number of hydrogen-bond donors (Lipinski definition) is 1. The van der Waals surface area contributed by atoms with Gasteiger partial charge in [-0.25, -0.2) is 0 Å². The lowest BCUT2D eigenvalue weighted by Crippen LogP contribution is -2.35. The summed E-state index contributed by atoms with van der Waals surface area (Å²) in [6.45, 7) is 8.55. The van der Waals surface area contributed by atoms with Crippen LogP contribution in [-0.4, -0.2) is 5.11 Å². The Morgan fingerprint density at radius 3 is 2.58 bits per heavy atom. The zero-order chi connectivity index (χ0) is 14.0. The fourth-order valence-electron chi connectivity index (χ4n) is 3.46. The van der Waals surface area contributed by atoms with E-state index in [1.54, 1.807) is 0 Å². The van der Waals surface area contributed by atoms with Crippen molar-refractivity contribution in [1.82, 2.24) is 0 Å². The van der Waals surface area contributed by atoms with Crippen LogP contribution < -0.4 is 0 Å². The van der Waals surface area contributed by atoms with Gasteiger partial charge >= 0.3 is 0 Å². The van der Waals surface area contributed by atoms with Gasteiger partial charge in [-0.3, -0.25) is 0 Å². The highest BCUT2D eigenvalue weighted by molar-refractivity contribution is 5.33. The molecule has 1 nitrogen and oxygen atoms in total. The maximum Gasteiger partial charge on any atom is 0.0896 e. The molecule has 1 aromatic rings. The van der Waals surface area contributed by atoms with E-state index in [1.807, 2.05) is 6.92 Å². The van der Waals surface area contributed by atoms with Crippen molar-refractivity contribution in [2.75, 3.05) is 0 Å². The molecule has 3 unspecified atom stereocenters. The Balaban J connectivity index is 2.22. The SMILES string of the molecule is CCC1CCCC(C(C)(O)c2ccc(C)c(C)c2)C1. The molecule has 2 rings (SSSR count). The van der Waals surface area contributed by atoms with Crippen molar-refractivity contribution in [3.8, 4) is 0 Å². The maximum absolute atomic E-state index is 11.0. The second kappa shape index (κ2) is 5.66. The van der Waals surface area contributed by atoms with Crippen LogP contribution in [0.15, 0.2) is 18.2 Å². The number of benzene rings is 1. The zero-order valence-electron chi connectivity index (χ0n) is 12.9. The highest BCUT2D eigenvalue weighted by Crippen LogP contribution is 2.42. The molecule has 1 N–H and O–H groups in total. The van der Waals surface area contributed by atoms with Gasteiger partial charge in [-0.05, 0) is 62.1 Å². The van der Waals surface area contributed by atoms with Crippen molar-refractivity contribution in [3.05, 3.63) is 34.9 Å². The van der Waals surface area contributed by atoms with Gasteiger partial charge in [0.05, 0.1) is 5.60 Å². The number of hydrogen-bond acceptors (Lipinski definition) is 1. The van der Waals surface area contributed by atoms with Crippen molar-refractivity contribution in [1.29, 1.82) is 0 Å². The Kier molecular flexibility index (Phi) is 4.35. The van der Waals surface area contributed by atoms with Crippen LogP contribution >= 0.6 is 0 Å². The van der Waals surface area contributed by atoms with E-state index in [9.17, 15) is 5.11 Å². The van der Waals surface area contributed by atoms with Crippen molar-refractivity contribution in [3.63, 3.8) is 0 Å². The largest absolute Gasteiger partial charge is 0.385 e. The summed E-state index contributed by atoms with van der Waals surface area (Å²) in [5, 5.41) is 11.0. The third-order valence-electron chi connectivity index (χ3n) is 5.25. The Hall–Kier alpha value is -0.820. The van der Waals surface area contributed by atoms with E-state index in [0.717, 1.165) is 17.9 Å². The first kappa shape index (κ1) is 14.6. The van der Waals surface area contributed by atoms with Gasteiger partial charge in [0.2, 0.25) is 0 Å². The summed E-state index contributed by atoms with van der Waals surface area (Å²) in [6, 6.07) is 6.42. The third kappa shape index (κ3) is 3.02. The molecular formula is C18H28O. The Labute approximate surface area is 118 Å². The van der Waals surface area contributed by atoms with Crippen molar-refractivity contribution < 1.29 is 5.11 Å². The minimum atomic E-state index is -0.674. The molecule has 0 heterocycles. The van der Waals surface area contributed by atoms with E-state index in [4.69, 9.17) is 0 Å². The molecular weight excluding hydrogens is 232 g/mol. The van der Waals surface area contributed by atoms with E-state index in [2.05, 4.69) is 39.0 Å². The van der Waals surface area contributed by atoms with Crippen LogP contribution in [-0.2, 0) is 5.60 Å². The van der Waals surface area contributed by atoms with E-state index in [0.29, 0.717) is 5.92 Å². The van der Waals surface area contributed by atoms with Gasteiger partial charge < -0.3 is 5.11 Å². The van der Waals surface area contributed by atoms with Crippen LogP contribution in [0.5, 0.6) is 0 Å². The summed E-state index contributed by atoms with van der Waals surface area (Å²) in [6.07, 6.45) is 6.20. The van der Waals surface area contributed by atoms with Crippen molar-refractivity contribution >= 4 is 0 Å². The molecule has 0 saturated heterocycles. The average molecular weight is 260 g/mol. The molecule has 0 spiro atoms. The summed E-state index contributed by atoms with van der Waals surface area (Å²) in [5.41, 5.74) is 3.00. The first-order valence-corrected chi connectivity index (χ1v) is 7.75. The molecule has 106 valence electrons. The lowest BCUT2D eigenvalue weighted by atomic mass is 9.70. The Morgan fingerprint density at radius 1 is 1.21 bits per heavy atom. The first-order valence-electron chi connectivity index (χ1n) is 7.75. The third-order valence-corrected chi connectivity index (χ3v) is 5.25. The van der Waals surface area contributed by atoms with E-state index in [-0.39, 0.29) is 0 Å². The minimum Gasteiger partial charge on any atom is -0.385 e. The average Bonchev–Trinajstić information content (AvgIpc) is 2.41. The number of rotatable bonds is 3. The fraction of sp³-hybridized carbons (Fsp3) is 0.667. The number of aliphatic hydroxyl groups is 1. The van der Waals surface area contributed by atoms with Gasteiger partial charge in [-0.2, -0.15) is 0 Å². The van der Waals surface area contributed by atoms with Gasteiger partial charge in [0.1, 0.15) is 0 Å². The molecule has 19 heavy (non-hydrogen) atoms. The van der Waals surface area contributed by atoms with Gasteiger partial charge in [0.15, 0.2) is 0 Å². The standard InChI is InChI=1S/C18H28O/c1-5-15-7-6-8-16(12-15)18(4,19)17-10-9-13(2)14(3)11-17/h9-11,15-16,19H,5-8,12H2,1-4H3. The highest BCUT2D eigenvalue weighted by Gasteiger charge is 2.36. The van der Waals surface area contributed by atoms with E-state index < -0.39 is 5.60 Å². The summed E-state index contributed by atoms with van der Waals surface area (Å²) in [7, 11) is 0. The van der Waals surface area contributed by atoms with Crippen molar-refractivity contribution in [2.45, 2.75) is 65.4 Å². The summed E-state index contributed by atoms with van der Waals surface area (Å²) < 4.78 is 0.